The quantitative estimate of drug-likeness (QED) is 0.361. The lowest BCUT2D eigenvalue weighted by molar-refractivity contribution is -0.116. The summed E-state index contributed by atoms with van der Waals surface area (Å²) in [5.74, 6) is 0.0771. The molecule has 0 heterocycles. The molecule has 0 aromatic carbocycles. The van der Waals surface area contributed by atoms with E-state index in [2.05, 4.69) is 12.2 Å². The van der Waals surface area contributed by atoms with Crippen molar-refractivity contribution in [1.29, 1.82) is 0 Å². The SMILES string of the molecule is CC1=C(C)C(=O)C(CCCC/C=C/CCC/C=C/CO)=C(C)C1=O. The highest BCUT2D eigenvalue weighted by atomic mass is 16.2. The van der Waals surface area contributed by atoms with Crippen LogP contribution in [0.3, 0.4) is 0 Å². The fourth-order valence-electron chi connectivity index (χ4n) is 2.80. The fourth-order valence-corrected chi connectivity index (χ4v) is 2.80. The Balaban J connectivity index is 2.27. The number of allylic oxidation sites excluding steroid dienone is 7. The Kier molecular flexibility index (Phi) is 9.24. The van der Waals surface area contributed by atoms with Gasteiger partial charge in [0.25, 0.3) is 0 Å². The van der Waals surface area contributed by atoms with E-state index in [1.165, 1.54) is 0 Å². The van der Waals surface area contributed by atoms with Gasteiger partial charge in [-0.1, -0.05) is 24.3 Å². The standard InChI is InChI=1S/C21H30O3/c1-16-17(2)21(24)19(18(3)20(16)23)14-12-10-8-6-4-5-7-9-11-13-15-22/h4,6,11,13,22H,5,7-10,12,14-15H2,1-3H3/b6-4+,13-11+. The molecule has 1 rings (SSSR count). The molecule has 0 saturated heterocycles. The van der Waals surface area contributed by atoms with E-state index < -0.39 is 0 Å². The summed E-state index contributed by atoms with van der Waals surface area (Å²) in [7, 11) is 0. The predicted octanol–water partition coefficient (Wildman–Crippen LogP) is 4.63. The molecule has 1 aliphatic carbocycles. The molecule has 3 heteroatoms. The molecule has 0 aromatic heterocycles. The number of Topliss-reactive ketones (excluding diaryl/α,β-unsaturated/α-hetero) is 2. The smallest absolute Gasteiger partial charge is 0.185 e. The van der Waals surface area contributed by atoms with Crippen molar-refractivity contribution < 1.29 is 14.7 Å². The van der Waals surface area contributed by atoms with Gasteiger partial charge in [0.2, 0.25) is 0 Å². The van der Waals surface area contributed by atoms with Crippen LogP contribution in [-0.2, 0) is 9.59 Å². The molecule has 0 bridgehead atoms. The van der Waals surface area contributed by atoms with Crippen LogP contribution in [0.15, 0.2) is 46.6 Å². The number of ketones is 2. The van der Waals surface area contributed by atoms with Gasteiger partial charge in [0.1, 0.15) is 0 Å². The zero-order valence-electron chi connectivity index (χ0n) is 15.2. The van der Waals surface area contributed by atoms with Crippen LogP contribution in [0.2, 0.25) is 0 Å². The number of hydrogen-bond acceptors (Lipinski definition) is 3. The molecule has 1 aliphatic rings. The normalized spacial score (nSPS) is 16.3. The molecule has 1 N–H and O–H groups in total. The van der Waals surface area contributed by atoms with Crippen LogP contribution in [0, 0.1) is 0 Å². The van der Waals surface area contributed by atoms with Gasteiger partial charge in [-0.15, -0.1) is 0 Å². The summed E-state index contributed by atoms with van der Waals surface area (Å²) in [5.41, 5.74) is 2.55. The topological polar surface area (TPSA) is 54.4 Å². The maximum Gasteiger partial charge on any atom is 0.185 e. The number of aliphatic hydroxyl groups is 1. The van der Waals surface area contributed by atoms with Gasteiger partial charge in [0, 0.05) is 22.3 Å². The van der Waals surface area contributed by atoms with E-state index in [-0.39, 0.29) is 18.2 Å². The van der Waals surface area contributed by atoms with Gasteiger partial charge in [0.15, 0.2) is 11.6 Å². The lowest BCUT2D eigenvalue weighted by Crippen LogP contribution is -2.20. The zero-order chi connectivity index (χ0) is 17.9. The van der Waals surface area contributed by atoms with Gasteiger partial charge >= 0.3 is 0 Å². The Hall–Kier alpha value is -1.74. The number of rotatable bonds is 10. The highest BCUT2D eigenvalue weighted by molar-refractivity contribution is 6.24. The van der Waals surface area contributed by atoms with Crippen molar-refractivity contribution in [2.24, 2.45) is 0 Å². The number of carbonyl (C=O) groups excluding carboxylic acids is 2. The Morgan fingerprint density at radius 1 is 0.708 bits per heavy atom. The fraction of sp³-hybridized carbons (Fsp3) is 0.524. The minimum absolute atomic E-state index is 0.0252. The third kappa shape index (κ3) is 6.04. The first-order valence-corrected chi connectivity index (χ1v) is 8.88. The first kappa shape index (κ1) is 20.3. The summed E-state index contributed by atoms with van der Waals surface area (Å²) in [4.78, 5) is 24.4. The first-order valence-electron chi connectivity index (χ1n) is 8.88. The maximum atomic E-state index is 12.3. The molecule has 0 unspecified atom stereocenters. The molecule has 0 amide bonds. The second-order valence-corrected chi connectivity index (χ2v) is 6.31. The summed E-state index contributed by atoms with van der Waals surface area (Å²) >= 11 is 0. The molecule has 0 fully saturated rings. The van der Waals surface area contributed by atoms with Crippen LogP contribution in [0.1, 0.15) is 65.7 Å². The average Bonchev–Trinajstić information content (AvgIpc) is 2.58. The van der Waals surface area contributed by atoms with E-state index in [1.54, 1.807) is 26.8 Å². The average molecular weight is 330 g/mol. The maximum absolute atomic E-state index is 12.3. The van der Waals surface area contributed by atoms with Gasteiger partial charge in [-0.05, 0) is 65.7 Å². The van der Waals surface area contributed by atoms with Crippen LogP contribution in [0.4, 0.5) is 0 Å². The lowest BCUT2D eigenvalue weighted by Gasteiger charge is -2.18. The number of unbranched alkanes of at least 4 members (excludes halogenated alkanes) is 4. The highest BCUT2D eigenvalue weighted by Crippen LogP contribution is 2.27. The van der Waals surface area contributed by atoms with Crippen LogP contribution in [0.5, 0.6) is 0 Å². The van der Waals surface area contributed by atoms with E-state index in [1.807, 2.05) is 6.08 Å². The molecular weight excluding hydrogens is 300 g/mol. The summed E-state index contributed by atoms with van der Waals surface area (Å²) in [6, 6.07) is 0. The van der Waals surface area contributed by atoms with Gasteiger partial charge in [0.05, 0.1) is 6.61 Å². The zero-order valence-corrected chi connectivity index (χ0v) is 15.2. The summed E-state index contributed by atoms with van der Waals surface area (Å²) in [6.07, 6.45) is 15.0. The van der Waals surface area contributed by atoms with Crippen molar-refractivity contribution >= 4 is 11.6 Å². The Labute approximate surface area is 145 Å². The van der Waals surface area contributed by atoms with Crippen molar-refractivity contribution in [1.82, 2.24) is 0 Å². The Morgan fingerprint density at radius 3 is 1.88 bits per heavy atom. The molecule has 0 saturated carbocycles. The summed E-state index contributed by atoms with van der Waals surface area (Å²) in [6.45, 7) is 5.38. The predicted molar refractivity (Wildman–Crippen MR) is 98.8 cm³/mol. The highest BCUT2D eigenvalue weighted by Gasteiger charge is 2.26. The first-order chi connectivity index (χ1) is 11.5. The van der Waals surface area contributed by atoms with Crippen molar-refractivity contribution in [2.75, 3.05) is 6.61 Å². The minimum Gasteiger partial charge on any atom is -0.392 e. The third-order valence-electron chi connectivity index (χ3n) is 4.54. The van der Waals surface area contributed by atoms with Crippen molar-refractivity contribution in [3.63, 3.8) is 0 Å². The van der Waals surface area contributed by atoms with Crippen LogP contribution < -0.4 is 0 Å². The second-order valence-electron chi connectivity index (χ2n) is 6.31. The third-order valence-corrected chi connectivity index (χ3v) is 4.54. The summed E-state index contributed by atoms with van der Waals surface area (Å²) in [5, 5.41) is 8.61. The molecule has 0 aliphatic heterocycles. The lowest BCUT2D eigenvalue weighted by atomic mass is 9.84. The van der Waals surface area contributed by atoms with Crippen LogP contribution in [0.25, 0.3) is 0 Å². The molecule has 0 aromatic rings. The van der Waals surface area contributed by atoms with Crippen molar-refractivity contribution in [2.45, 2.75) is 65.7 Å². The van der Waals surface area contributed by atoms with Gasteiger partial charge in [-0.3, -0.25) is 9.59 Å². The summed E-state index contributed by atoms with van der Waals surface area (Å²) < 4.78 is 0. The number of carbonyl (C=O) groups is 2. The van der Waals surface area contributed by atoms with Crippen LogP contribution >= 0.6 is 0 Å². The van der Waals surface area contributed by atoms with Crippen LogP contribution in [-0.4, -0.2) is 23.3 Å². The molecule has 132 valence electrons. The molecular formula is C21H30O3. The minimum atomic E-state index is 0.0252. The molecule has 0 spiro atoms. The van der Waals surface area contributed by atoms with E-state index in [0.717, 1.165) is 38.5 Å². The number of aliphatic hydroxyl groups excluding tert-OH is 1. The van der Waals surface area contributed by atoms with Gasteiger partial charge in [-0.2, -0.15) is 0 Å². The molecule has 24 heavy (non-hydrogen) atoms. The van der Waals surface area contributed by atoms with Gasteiger partial charge in [-0.25, -0.2) is 0 Å². The largest absolute Gasteiger partial charge is 0.392 e. The van der Waals surface area contributed by atoms with E-state index >= 15 is 0 Å². The molecule has 0 atom stereocenters. The van der Waals surface area contributed by atoms with E-state index in [0.29, 0.717) is 28.7 Å². The van der Waals surface area contributed by atoms with E-state index in [4.69, 9.17) is 5.11 Å². The van der Waals surface area contributed by atoms with Crippen molar-refractivity contribution in [3.05, 3.63) is 46.6 Å². The monoisotopic (exact) mass is 330 g/mol. The van der Waals surface area contributed by atoms with Crippen molar-refractivity contribution in [3.8, 4) is 0 Å². The van der Waals surface area contributed by atoms with Gasteiger partial charge < -0.3 is 5.11 Å². The number of hydrogen-bond donors (Lipinski definition) is 1. The van der Waals surface area contributed by atoms with E-state index in [9.17, 15) is 9.59 Å². The second kappa shape index (κ2) is 10.9. The molecule has 0 radical (unpaired) electrons. The Bertz CT molecular complexity index is 574. The molecule has 3 nitrogen and oxygen atoms in total. The Morgan fingerprint density at radius 2 is 1.25 bits per heavy atom.